The Hall–Kier alpha value is -1.81. The standard InChI is InChI=1S/C12H16N2O7S/c13-8-9(18)14-3-12(11(19)20,5-22-10(8)14)4-21-7(17)2-1-6(15)16/h8,10H,1-5,13H2,(H,15,16)(H,19,20)/t8?,10-,12?/m1/s1. The molecule has 0 aliphatic carbocycles. The molecule has 1 amide bonds. The van der Waals surface area contributed by atoms with Crippen molar-refractivity contribution in [2.75, 3.05) is 18.9 Å². The van der Waals surface area contributed by atoms with Crippen molar-refractivity contribution in [3.8, 4) is 0 Å². The Labute approximate surface area is 129 Å². The first-order chi connectivity index (χ1) is 10.3. The minimum atomic E-state index is -1.39. The first-order valence-electron chi connectivity index (χ1n) is 6.55. The number of esters is 1. The highest BCUT2D eigenvalue weighted by atomic mass is 32.2. The molecule has 122 valence electrons. The molecule has 0 aromatic heterocycles. The van der Waals surface area contributed by atoms with Gasteiger partial charge in [0.25, 0.3) is 0 Å². The van der Waals surface area contributed by atoms with E-state index in [9.17, 15) is 24.3 Å². The van der Waals surface area contributed by atoms with Crippen LogP contribution in [0.3, 0.4) is 0 Å². The van der Waals surface area contributed by atoms with Crippen LogP contribution in [0.25, 0.3) is 0 Å². The number of carboxylic acid groups (broad SMARTS) is 2. The van der Waals surface area contributed by atoms with Crippen molar-refractivity contribution in [3.63, 3.8) is 0 Å². The lowest BCUT2D eigenvalue weighted by atomic mass is 9.88. The second-order valence-corrected chi connectivity index (χ2v) is 6.44. The number of thioether (sulfide) groups is 1. The van der Waals surface area contributed by atoms with Crippen molar-refractivity contribution in [2.45, 2.75) is 24.3 Å². The second kappa shape index (κ2) is 6.13. The number of carbonyl (C=O) groups is 4. The SMILES string of the molecule is NC1C(=O)N2CC(COC(=O)CCC(=O)O)(C(=O)O)CS[C@H]12. The fourth-order valence-electron chi connectivity index (χ4n) is 2.31. The van der Waals surface area contributed by atoms with Gasteiger partial charge < -0.3 is 25.6 Å². The fraction of sp³-hybridized carbons (Fsp3) is 0.667. The second-order valence-electron chi connectivity index (χ2n) is 5.33. The highest BCUT2D eigenvalue weighted by Crippen LogP contribution is 2.41. The predicted octanol–water partition coefficient (Wildman–Crippen LogP) is -1.29. The summed E-state index contributed by atoms with van der Waals surface area (Å²) < 4.78 is 4.90. The number of nitrogens with zero attached hydrogens (tertiary/aromatic N) is 1. The Kier molecular flexibility index (Phi) is 4.61. The molecular weight excluding hydrogens is 316 g/mol. The quantitative estimate of drug-likeness (QED) is 0.399. The number of β-lactam (4-membered cyclic amide) rings is 1. The Morgan fingerprint density at radius 3 is 2.64 bits per heavy atom. The van der Waals surface area contributed by atoms with Crippen molar-refractivity contribution in [2.24, 2.45) is 11.1 Å². The van der Waals surface area contributed by atoms with Gasteiger partial charge in [-0.25, -0.2) is 0 Å². The van der Waals surface area contributed by atoms with E-state index in [1.807, 2.05) is 0 Å². The molecule has 4 N–H and O–H groups in total. The number of carbonyl (C=O) groups excluding carboxylic acids is 2. The lowest BCUT2D eigenvalue weighted by Gasteiger charge is -2.52. The van der Waals surface area contributed by atoms with Gasteiger partial charge in [0, 0.05) is 12.3 Å². The minimum absolute atomic E-state index is 0.0707. The Morgan fingerprint density at radius 1 is 1.36 bits per heavy atom. The van der Waals surface area contributed by atoms with Crippen LogP contribution in [0.5, 0.6) is 0 Å². The third-order valence-corrected chi connectivity index (χ3v) is 5.30. The molecule has 0 spiro atoms. The monoisotopic (exact) mass is 332 g/mol. The maximum Gasteiger partial charge on any atom is 0.315 e. The van der Waals surface area contributed by atoms with Crippen LogP contribution in [0, 0.1) is 5.41 Å². The van der Waals surface area contributed by atoms with Gasteiger partial charge in [0.1, 0.15) is 23.4 Å². The smallest absolute Gasteiger partial charge is 0.315 e. The first kappa shape index (κ1) is 16.6. The molecule has 22 heavy (non-hydrogen) atoms. The van der Waals surface area contributed by atoms with Crippen molar-refractivity contribution in [1.29, 1.82) is 0 Å². The summed E-state index contributed by atoms with van der Waals surface area (Å²) in [6, 6.07) is -0.616. The molecule has 0 aromatic carbocycles. The van der Waals surface area contributed by atoms with Gasteiger partial charge in [-0.05, 0) is 0 Å². The normalized spacial score (nSPS) is 30.2. The topological polar surface area (TPSA) is 147 Å². The molecule has 2 heterocycles. The number of hydrogen-bond acceptors (Lipinski definition) is 7. The largest absolute Gasteiger partial charge is 0.481 e. The number of fused-ring (bicyclic) bond motifs is 1. The number of nitrogens with two attached hydrogens (primary N) is 1. The molecule has 0 saturated carbocycles. The van der Waals surface area contributed by atoms with Gasteiger partial charge in [-0.3, -0.25) is 19.2 Å². The van der Waals surface area contributed by atoms with Crippen LogP contribution < -0.4 is 5.73 Å². The molecule has 0 aromatic rings. The number of aliphatic carboxylic acids is 2. The predicted molar refractivity (Wildman–Crippen MR) is 73.8 cm³/mol. The molecule has 2 saturated heterocycles. The summed E-state index contributed by atoms with van der Waals surface area (Å²) in [4.78, 5) is 46.4. The van der Waals surface area contributed by atoms with Crippen LogP contribution in [0.1, 0.15) is 12.8 Å². The number of carboxylic acids is 2. The van der Waals surface area contributed by atoms with E-state index >= 15 is 0 Å². The molecule has 0 bridgehead atoms. The number of ether oxygens (including phenoxy) is 1. The molecule has 9 nitrogen and oxygen atoms in total. The third kappa shape index (κ3) is 3.02. The zero-order valence-electron chi connectivity index (χ0n) is 11.6. The summed E-state index contributed by atoms with van der Waals surface area (Å²) >= 11 is 1.24. The van der Waals surface area contributed by atoms with E-state index in [0.29, 0.717) is 0 Å². The summed E-state index contributed by atoms with van der Waals surface area (Å²) in [6.07, 6.45) is -0.705. The number of amides is 1. The lowest BCUT2D eigenvalue weighted by Crippen LogP contribution is -2.72. The van der Waals surface area contributed by atoms with Crippen LogP contribution in [0.15, 0.2) is 0 Å². The van der Waals surface area contributed by atoms with Gasteiger partial charge in [0.05, 0.1) is 12.8 Å². The number of rotatable bonds is 6. The van der Waals surface area contributed by atoms with Crippen molar-refractivity contribution in [3.05, 3.63) is 0 Å². The van der Waals surface area contributed by atoms with Gasteiger partial charge in [-0.2, -0.15) is 0 Å². The molecule has 2 fully saturated rings. The molecule has 2 aliphatic heterocycles. The zero-order chi connectivity index (χ0) is 16.5. The van der Waals surface area contributed by atoms with Crippen LogP contribution in [0.4, 0.5) is 0 Å². The summed E-state index contributed by atoms with van der Waals surface area (Å²) in [5.41, 5.74) is 4.24. The maximum absolute atomic E-state index is 11.6. The zero-order valence-corrected chi connectivity index (χ0v) is 12.4. The number of hydrogen-bond donors (Lipinski definition) is 3. The van der Waals surface area contributed by atoms with E-state index in [-0.39, 0.29) is 36.4 Å². The van der Waals surface area contributed by atoms with E-state index in [1.54, 1.807) is 0 Å². The highest BCUT2D eigenvalue weighted by molar-refractivity contribution is 8.00. The van der Waals surface area contributed by atoms with Crippen molar-refractivity contribution < 1.29 is 34.1 Å². The van der Waals surface area contributed by atoms with Crippen LogP contribution in [0.2, 0.25) is 0 Å². The molecule has 2 rings (SSSR count). The van der Waals surface area contributed by atoms with Gasteiger partial charge in [0.15, 0.2) is 0 Å². The Morgan fingerprint density at radius 2 is 2.05 bits per heavy atom. The average molecular weight is 332 g/mol. The Bertz CT molecular complexity index is 526. The van der Waals surface area contributed by atoms with Gasteiger partial charge >= 0.3 is 17.9 Å². The lowest BCUT2D eigenvalue weighted by molar-refractivity contribution is -0.164. The first-order valence-corrected chi connectivity index (χ1v) is 7.60. The van der Waals surface area contributed by atoms with Crippen molar-refractivity contribution >= 4 is 35.6 Å². The minimum Gasteiger partial charge on any atom is -0.481 e. The van der Waals surface area contributed by atoms with Crippen LogP contribution >= 0.6 is 11.8 Å². The maximum atomic E-state index is 11.6. The van der Waals surface area contributed by atoms with E-state index < -0.39 is 36.0 Å². The Balaban J connectivity index is 1.95. The molecular formula is C12H16N2O7S. The van der Waals surface area contributed by atoms with E-state index in [4.69, 9.17) is 15.6 Å². The van der Waals surface area contributed by atoms with Gasteiger partial charge in [-0.15, -0.1) is 11.8 Å². The summed E-state index contributed by atoms with van der Waals surface area (Å²) in [7, 11) is 0. The molecule has 2 unspecified atom stereocenters. The highest BCUT2D eigenvalue weighted by Gasteiger charge is 2.56. The van der Waals surface area contributed by atoms with E-state index in [2.05, 4.69) is 0 Å². The van der Waals surface area contributed by atoms with E-state index in [1.165, 1.54) is 16.7 Å². The fourth-order valence-corrected chi connectivity index (χ4v) is 3.78. The van der Waals surface area contributed by atoms with Crippen LogP contribution in [-0.4, -0.2) is 69.2 Å². The van der Waals surface area contributed by atoms with Gasteiger partial charge in [-0.1, -0.05) is 0 Å². The summed E-state index contributed by atoms with van der Waals surface area (Å²) in [5.74, 6) is -3.24. The molecule has 3 atom stereocenters. The molecule has 10 heteroatoms. The molecule has 2 aliphatic rings. The third-order valence-electron chi connectivity index (χ3n) is 3.69. The summed E-state index contributed by atoms with van der Waals surface area (Å²) in [6.45, 7) is -0.474. The molecule has 0 radical (unpaired) electrons. The average Bonchev–Trinajstić information content (AvgIpc) is 2.49. The van der Waals surface area contributed by atoms with Gasteiger partial charge in [0.2, 0.25) is 5.91 Å². The van der Waals surface area contributed by atoms with E-state index in [0.717, 1.165) is 0 Å². The van der Waals surface area contributed by atoms with Crippen molar-refractivity contribution in [1.82, 2.24) is 4.90 Å². The summed E-state index contributed by atoms with van der Waals surface area (Å²) in [5, 5.41) is 17.7. The van der Waals surface area contributed by atoms with Crippen LogP contribution in [-0.2, 0) is 23.9 Å².